The van der Waals surface area contributed by atoms with Gasteiger partial charge in [0, 0.05) is 43.6 Å². The molecule has 6 aromatic rings. The zero-order chi connectivity index (χ0) is 30.5. The Bertz CT molecular complexity index is 1920. The Morgan fingerprint density at radius 2 is 1.59 bits per heavy atom. The van der Waals surface area contributed by atoms with Crippen molar-refractivity contribution >= 4 is 27.5 Å². The summed E-state index contributed by atoms with van der Waals surface area (Å²) in [4.78, 5) is 14.9. The maximum atomic E-state index is 10.0. The number of carbonyl (C=O) groups excluding carboxylic acids is 1. The number of benzene rings is 4. The third-order valence-corrected chi connectivity index (χ3v) is 7.20. The number of hydrogen-bond donors (Lipinski definition) is 1. The number of aromatic nitrogens is 1. The van der Waals surface area contributed by atoms with E-state index >= 15 is 0 Å². The molecular formula is C39H36IrNO3-. The molecule has 1 N–H and O–H groups in total. The molecule has 5 heteroatoms. The molecule has 2 heterocycles. The number of aliphatic hydroxyl groups excluding tert-OH is 1. The second kappa shape index (κ2) is 14.4. The van der Waals surface area contributed by atoms with Crippen LogP contribution in [0.2, 0.25) is 0 Å². The second-order valence-corrected chi connectivity index (χ2v) is 11.3. The molecule has 4 aromatic carbocycles. The van der Waals surface area contributed by atoms with Crippen molar-refractivity contribution in [1.82, 2.24) is 4.98 Å². The fourth-order valence-corrected chi connectivity index (χ4v) is 5.39. The van der Waals surface area contributed by atoms with Crippen LogP contribution in [0.3, 0.4) is 0 Å². The van der Waals surface area contributed by atoms with Crippen molar-refractivity contribution in [1.29, 1.82) is 0 Å². The molecule has 0 spiro atoms. The number of rotatable bonds is 6. The van der Waals surface area contributed by atoms with Crippen molar-refractivity contribution < 1.29 is 34.4 Å². The minimum atomic E-state index is -0.125. The molecule has 4 nitrogen and oxygen atoms in total. The Hall–Kier alpha value is -4.31. The summed E-state index contributed by atoms with van der Waals surface area (Å²) >= 11 is 0. The molecule has 0 bridgehead atoms. The first kappa shape index (κ1) is 32.6. The van der Waals surface area contributed by atoms with Gasteiger partial charge in [0.05, 0.1) is 17.1 Å². The average molecular weight is 759 g/mol. The van der Waals surface area contributed by atoms with E-state index in [-0.39, 0.29) is 31.6 Å². The zero-order valence-electron chi connectivity index (χ0n) is 25.6. The molecule has 0 aliphatic heterocycles. The fourth-order valence-electron chi connectivity index (χ4n) is 5.39. The molecule has 0 saturated carbocycles. The van der Waals surface area contributed by atoms with Crippen LogP contribution in [0.4, 0.5) is 0 Å². The first-order valence-corrected chi connectivity index (χ1v) is 14.6. The van der Waals surface area contributed by atoms with Crippen LogP contribution in [0.15, 0.2) is 113 Å². The maximum absolute atomic E-state index is 10.0. The monoisotopic (exact) mass is 759 g/mol. The van der Waals surface area contributed by atoms with Gasteiger partial charge < -0.3 is 9.52 Å². The van der Waals surface area contributed by atoms with Crippen molar-refractivity contribution in [3.05, 3.63) is 126 Å². The van der Waals surface area contributed by atoms with Crippen molar-refractivity contribution in [2.45, 2.75) is 41.0 Å². The average Bonchev–Trinajstić information content (AvgIpc) is 3.32. The second-order valence-electron chi connectivity index (χ2n) is 11.3. The standard InChI is InChI=1S/C34H28NO.C5H8O2.Ir/c1-22(2)18-24-14-15-29-27(19-24)16-17-35-32(29)28-20-30-23(3)33(26-12-8-5-9-13-26)36-34(30)31(21-28)25-10-6-4-7-11-25;1-4(6)3-5(2)7;/h4-17,19,21-22H,18H2,1-3H3;3,6H,1-2H3;/q-1;;/b;4-3-;. The number of carbonyl (C=O) groups is 1. The topological polar surface area (TPSA) is 63.3 Å². The summed E-state index contributed by atoms with van der Waals surface area (Å²) < 4.78 is 6.55. The van der Waals surface area contributed by atoms with E-state index in [1.54, 1.807) is 0 Å². The van der Waals surface area contributed by atoms with E-state index in [1.807, 2.05) is 30.5 Å². The van der Waals surface area contributed by atoms with E-state index in [9.17, 15) is 4.79 Å². The summed E-state index contributed by atoms with van der Waals surface area (Å²) in [5.74, 6) is 1.45. The summed E-state index contributed by atoms with van der Waals surface area (Å²) in [6.07, 6.45) is 4.15. The van der Waals surface area contributed by atoms with Gasteiger partial charge in [0.15, 0.2) is 5.78 Å². The maximum Gasteiger partial charge on any atom is 0.155 e. The number of nitrogens with zero attached hydrogens (tertiary/aromatic N) is 1. The number of fused-ring (bicyclic) bond motifs is 2. The predicted octanol–water partition coefficient (Wildman–Crippen LogP) is 10.3. The predicted molar refractivity (Wildman–Crippen MR) is 177 cm³/mol. The molecule has 225 valence electrons. The molecule has 1 radical (unpaired) electrons. The van der Waals surface area contributed by atoms with Gasteiger partial charge in [-0.2, -0.15) is 0 Å². The molecule has 0 aliphatic carbocycles. The number of pyridine rings is 1. The molecule has 0 amide bonds. The van der Waals surface area contributed by atoms with E-state index in [2.05, 4.69) is 93.6 Å². The van der Waals surface area contributed by atoms with Crippen LogP contribution in [-0.4, -0.2) is 15.9 Å². The van der Waals surface area contributed by atoms with Gasteiger partial charge in [-0.15, -0.1) is 12.1 Å². The first-order valence-electron chi connectivity index (χ1n) is 14.6. The van der Waals surface area contributed by atoms with E-state index in [0.29, 0.717) is 5.92 Å². The third-order valence-electron chi connectivity index (χ3n) is 7.20. The van der Waals surface area contributed by atoms with Crippen molar-refractivity contribution in [3.8, 4) is 33.7 Å². The van der Waals surface area contributed by atoms with Crippen molar-refractivity contribution in [3.63, 3.8) is 0 Å². The van der Waals surface area contributed by atoms with Gasteiger partial charge in [-0.3, -0.25) is 9.78 Å². The molecular weight excluding hydrogens is 723 g/mol. The Balaban J connectivity index is 0.000000497. The van der Waals surface area contributed by atoms with Crippen molar-refractivity contribution in [2.24, 2.45) is 5.92 Å². The largest absolute Gasteiger partial charge is 0.512 e. The molecule has 0 saturated heterocycles. The zero-order valence-corrected chi connectivity index (χ0v) is 28.0. The number of hydrogen-bond acceptors (Lipinski definition) is 4. The minimum Gasteiger partial charge on any atom is -0.512 e. The summed E-state index contributed by atoms with van der Waals surface area (Å²) in [5.41, 5.74) is 8.48. The van der Waals surface area contributed by atoms with Gasteiger partial charge >= 0.3 is 0 Å². The van der Waals surface area contributed by atoms with Crippen LogP contribution >= 0.6 is 0 Å². The van der Waals surface area contributed by atoms with Gasteiger partial charge in [0.2, 0.25) is 0 Å². The molecule has 44 heavy (non-hydrogen) atoms. The van der Waals surface area contributed by atoms with E-state index < -0.39 is 0 Å². The molecule has 0 atom stereocenters. The van der Waals surface area contributed by atoms with Crippen LogP contribution in [0, 0.1) is 18.9 Å². The van der Waals surface area contributed by atoms with Gasteiger partial charge in [0.1, 0.15) is 0 Å². The summed E-state index contributed by atoms with van der Waals surface area (Å²) in [6, 6.07) is 35.5. The number of aliphatic hydroxyl groups is 1. The van der Waals surface area contributed by atoms with Gasteiger partial charge in [-0.1, -0.05) is 116 Å². The molecule has 0 aliphatic rings. The quantitative estimate of drug-likeness (QED) is 0.104. The Morgan fingerprint density at radius 1 is 0.932 bits per heavy atom. The molecule has 0 fully saturated rings. The number of furan rings is 1. The van der Waals surface area contributed by atoms with Crippen LogP contribution < -0.4 is 0 Å². The van der Waals surface area contributed by atoms with Crippen LogP contribution in [0.25, 0.3) is 55.4 Å². The fraction of sp³-hybridized carbons (Fsp3) is 0.179. The van der Waals surface area contributed by atoms with Crippen LogP contribution in [-0.2, 0) is 31.3 Å². The Labute approximate surface area is 272 Å². The van der Waals surface area contributed by atoms with E-state index in [1.165, 1.54) is 30.9 Å². The first-order chi connectivity index (χ1) is 20.7. The Morgan fingerprint density at radius 3 is 2.18 bits per heavy atom. The number of ketones is 1. The summed E-state index contributed by atoms with van der Waals surface area (Å²) in [5, 5.41) is 11.7. The number of aryl methyl sites for hydroxylation is 1. The molecule has 6 rings (SSSR count). The van der Waals surface area contributed by atoms with Gasteiger partial charge in [-0.05, 0) is 59.7 Å². The van der Waals surface area contributed by atoms with Crippen LogP contribution in [0.1, 0.15) is 38.8 Å². The van der Waals surface area contributed by atoms with Gasteiger partial charge in [0.25, 0.3) is 0 Å². The SMILES string of the molecule is CC(=O)/C=C(/C)O.Cc1c(-c2ccccc2)oc2c(-c3ccccc3)cc(-c3nccc4cc(CC(C)C)ccc34)[c-]c12.[Ir]. The molecule has 0 unspecified atom stereocenters. The minimum absolute atomic E-state index is 0. The molecule has 2 aromatic heterocycles. The van der Waals surface area contributed by atoms with E-state index in [4.69, 9.17) is 14.5 Å². The van der Waals surface area contributed by atoms with Crippen LogP contribution in [0.5, 0.6) is 0 Å². The summed E-state index contributed by atoms with van der Waals surface area (Å²) in [6.45, 7) is 9.49. The van der Waals surface area contributed by atoms with Crippen molar-refractivity contribution in [2.75, 3.05) is 0 Å². The van der Waals surface area contributed by atoms with Gasteiger partial charge in [-0.25, -0.2) is 0 Å². The van der Waals surface area contributed by atoms with E-state index in [0.717, 1.165) is 62.0 Å². The summed E-state index contributed by atoms with van der Waals surface area (Å²) in [7, 11) is 0. The normalized spacial score (nSPS) is 11.3. The smallest absolute Gasteiger partial charge is 0.155 e. The third kappa shape index (κ3) is 7.42. The Kier molecular flexibility index (Phi) is 10.7. The number of allylic oxidation sites excluding steroid dienone is 2.